The highest BCUT2D eigenvalue weighted by Gasteiger charge is 2.29. The number of rotatable bonds is 9. The molecular formula is C27H21Cl2FN2O5. The van der Waals surface area contributed by atoms with Crippen LogP contribution in [-0.4, -0.2) is 38.7 Å². The topological polar surface area (TPSA) is 109 Å². The van der Waals surface area contributed by atoms with Gasteiger partial charge >= 0.3 is 11.9 Å². The molecule has 3 N–H and O–H groups in total. The molecule has 0 bridgehead atoms. The number of carboxylic acid groups (broad SMARTS) is 2. The number of aromatic nitrogens is 1. The van der Waals surface area contributed by atoms with Gasteiger partial charge in [-0.15, -0.1) is 0 Å². The predicted molar refractivity (Wildman–Crippen MR) is 139 cm³/mol. The molecule has 1 unspecified atom stereocenters. The summed E-state index contributed by atoms with van der Waals surface area (Å²) in [6.45, 7) is 0.156. The van der Waals surface area contributed by atoms with Gasteiger partial charge in [-0.1, -0.05) is 53.5 Å². The van der Waals surface area contributed by atoms with Crippen LogP contribution in [0.15, 0.2) is 66.7 Å². The minimum Gasteiger partial charge on any atom is -0.481 e. The molecule has 0 aliphatic heterocycles. The largest absolute Gasteiger partial charge is 0.481 e. The molecule has 37 heavy (non-hydrogen) atoms. The maximum absolute atomic E-state index is 15.1. The van der Waals surface area contributed by atoms with Crippen LogP contribution < -0.4 is 5.32 Å². The van der Waals surface area contributed by atoms with E-state index in [2.05, 4.69) is 5.32 Å². The minimum absolute atomic E-state index is 0.00363. The molecule has 0 saturated heterocycles. The molecule has 0 aliphatic rings. The molecule has 1 heterocycles. The van der Waals surface area contributed by atoms with Crippen LogP contribution in [0.5, 0.6) is 0 Å². The van der Waals surface area contributed by atoms with Gasteiger partial charge in [0.2, 0.25) is 0 Å². The third-order valence-corrected chi connectivity index (χ3v) is 6.33. The third-order valence-electron chi connectivity index (χ3n) is 5.86. The van der Waals surface area contributed by atoms with Crippen molar-refractivity contribution in [3.63, 3.8) is 0 Å². The van der Waals surface area contributed by atoms with E-state index in [4.69, 9.17) is 28.3 Å². The Balaban J connectivity index is 1.95. The van der Waals surface area contributed by atoms with E-state index < -0.39 is 36.1 Å². The van der Waals surface area contributed by atoms with Crippen molar-refractivity contribution in [2.45, 2.75) is 25.4 Å². The molecule has 0 fully saturated rings. The third kappa shape index (κ3) is 5.76. The molecule has 4 rings (SSSR count). The Kier molecular flexibility index (Phi) is 7.80. The lowest BCUT2D eigenvalue weighted by atomic mass is 10.0. The summed E-state index contributed by atoms with van der Waals surface area (Å²) < 4.78 is 16.7. The molecular weight excluding hydrogens is 522 g/mol. The van der Waals surface area contributed by atoms with Crippen molar-refractivity contribution in [1.82, 2.24) is 9.88 Å². The number of halogens is 3. The number of fused-ring (bicyclic) bond motifs is 1. The van der Waals surface area contributed by atoms with E-state index in [1.54, 1.807) is 47.0 Å². The summed E-state index contributed by atoms with van der Waals surface area (Å²) in [7, 11) is 0. The second-order valence-corrected chi connectivity index (χ2v) is 9.25. The number of carbonyl (C=O) groups is 3. The number of nitrogens with one attached hydrogen (secondary N) is 1. The molecule has 10 heteroatoms. The van der Waals surface area contributed by atoms with Crippen LogP contribution in [0.4, 0.5) is 4.39 Å². The molecule has 190 valence electrons. The Morgan fingerprint density at radius 3 is 2.35 bits per heavy atom. The smallest absolute Gasteiger partial charge is 0.326 e. The zero-order valence-electron chi connectivity index (χ0n) is 19.2. The lowest BCUT2D eigenvalue weighted by Gasteiger charge is -2.17. The number of benzene rings is 3. The second kappa shape index (κ2) is 11.0. The van der Waals surface area contributed by atoms with Gasteiger partial charge in [0.1, 0.15) is 17.6 Å². The quantitative estimate of drug-likeness (QED) is 0.246. The first kappa shape index (κ1) is 26.2. The van der Waals surface area contributed by atoms with E-state index in [9.17, 15) is 19.5 Å². The first-order valence-corrected chi connectivity index (χ1v) is 12.0. The van der Waals surface area contributed by atoms with Gasteiger partial charge in [-0.2, -0.15) is 0 Å². The molecule has 1 amide bonds. The minimum atomic E-state index is -1.47. The van der Waals surface area contributed by atoms with Crippen molar-refractivity contribution in [1.29, 1.82) is 0 Å². The van der Waals surface area contributed by atoms with Crippen LogP contribution in [0, 0.1) is 5.82 Å². The number of hydrogen-bond acceptors (Lipinski definition) is 3. The molecule has 1 aromatic heterocycles. The van der Waals surface area contributed by atoms with Crippen LogP contribution in [-0.2, 0) is 16.1 Å². The maximum Gasteiger partial charge on any atom is 0.326 e. The molecule has 1 atom stereocenters. The first-order valence-electron chi connectivity index (χ1n) is 11.2. The highest BCUT2D eigenvalue weighted by molar-refractivity contribution is 6.31. The van der Waals surface area contributed by atoms with Gasteiger partial charge in [0.25, 0.3) is 5.91 Å². The van der Waals surface area contributed by atoms with Crippen LogP contribution in [0.3, 0.4) is 0 Å². The summed E-state index contributed by atoms with van der Waals surface area (Å²) in [6, 6.07) is 16.4. The molecule has 4 aromatic rings. The number of carbonyl (C=O) groups excluding carboxylic acids is 1. The van der Waals surface area contributed by atoms with Crippen molar-refractivity contribution in [2.24, 2.45) is 0 Å². The van der Waals surface area contributed by atoms with Gasteiger partial charge in [0.05, 0.1) is 0 Å². The lowest BCUT2D eigenvalue weighted by molar-refractivity contribution is -0.140. The van der Waals surface area contributed by atoms with Crippen molar-refractivity contribution in [3.05, 3.63) is 93.8 Å². The highest BCUT2D eigenvalue weighted by atomic mass is 35.5. The average Bonchev–Trinajstić information content (AvgIpc) is 3.14. The zero-order chi connectivity index (χ0) is 26.7. The van der Waals surface area contributed by atoms with E-state index in [1.807, 2.05) is 6.07 Å². The lowest BCUT2D eigenvalue weighted by Crippen LogP contribution is -2.42. The Morgan fingerprint density at radius 1 is 0.946 bits per heavy atom. The van der Waals surface area contributed by atoms with E-state index in [0.717, 1.165) is 5.56 Å². The van der Waals surface area contributed by atoms with Gasteiger partial charge in [-0.25, -0.2) is 9.18 Å². The normalized spacial score (nSPS) is 11.9. The van der Waals surface area contributed by atoms with Gasteiger partial charge in [-0.3, -0.25) is 9.59 Å². The summed E-state index contributed by atoms with van der Waals surface area (Å²) >= 11 is 12.5. The molecule has 0 radical (unpaired) electrons. The molecule has 3 aromatic carbocycles. The zero-order valence-corrected chi connectivity index (χ0v) is 20.8. The van der Waals surface area contributed by atoms with Gasteiger partial charge in [-0.05, 0) is 48.4 Å². The average molecular weight is 543 g/mol. The van der Waals surface area contributed by atoms with E-state index in [-0.39, 0.29) is 29.8 Å². The maximum atomic E-state index is 15.1. The standard InChI is InChI=1S/C27H21Cl2FN2O5/c28-16-5-3-4-15(12-16)14-32-22-10-8-17(29)13-19(22)24(18-6-1-2-7-20(18)30)25(32)26(35)31-21(27(36)37)9-11-23(33)34/h1-8,10,12-13,21H,9,11,14H2,(H,31,35)(H,33,34)(H,36,37). The SMILES string of the molecule is O=C(O)CCC(NC(=O)c1c(-c2ccccc2F)c2cc(Cl)ccc2n1Cc1cccc(Cl)c1)C(=O)O. The van der Waals surface area contributed by atoms with Crippen molar-refractivity contribution in [2.75, 3.05) is 0 Å². The van der Waals surface area contributed by atoms with Crippen LogP contribution in [0.25, 0.3) is 22.0 Å². The van der Waals surface area contributed by atoms with E-state index in [0.29, 0.717) is 20.9 Å². The number of nitrogens with zero attached hydrogens (tertiary/aromatic N) is 1. The molecule has 0 aliphatic carbocycles. The summed E-state index contributed by atoms with van der Waals surface area (Å²) in [5, 5.41) is 22.4. The Bertz CT molecular complexity index is 1520. The first-order chi connectivity index (χ1) is 17.7. The monoisotopic (exact) mass is 542 g/mol. The second-order valence-electron chi connectivity index (χ2n) is 8.38. The van der Waals surface area contributed by atoms with E-state index >= 15 is 4.39 Å². The van der Waals surface area contributed by atoms with Gasteiger partial charge in [0, 0.05) is 45.0 Å². The predicted octanol–water partition coefficient (Wildman–Crippen LogP) is 5.85. The Morgan fingerprint density at radius 2 is 1.68 bits per heavy atom. The Hall–Kier alpha value is -3.88. The summed E-state index contributed by atoms with van der Waals surface area (Å²) in [5.74, 6) is -3.97. The molecule has 0 saturated carbocycles. The summed E-state index contributed by atoms with van der Waals surface area (Å²) in [4.78, 5) is 36.5. The molecule has 0 spiro atoms. The van der Waals surface area contributed by atoms with Crippen LogP contribution in [0.2, 0.25) is 10.0 Å². The fraction of sp³-hybridized carbons (Fsp3) is 0.148. The number of aliphatic carboxylic acids is 2. The molecule has 7 nitrogen and oxygen atoms in total. The van der Waals surface area contributed by atoms with Crippen molar-refractivity contribution >= 4 is 52.0 Å². The van der Waals surface area contributed by atoms with Crippen molar-refractivity contribution in [3.8, 4) is 11.1 Å². The summed E-state index contributed by atoms with van der Waals surface area (Å²) in [5.41, 5.74) is 1.67. The fourth-order valence-corrected chi connectivity index (χ4v) is 4.62. The van der Waals surface area contributed by atoms with Gasteiger partial charge in [0.15, 0.2) is 0 Å². The summed E-state index contributed by atoms with van der Waals surface area (Å²) in [6.07, 6.45) is -0.787. The fourth-order valence-electron chi connectivity index (χ4n) is 4.23. The van der Waals surface area contributed by atoms with Gasteiger partial charge < -0.3 is 20.1 Å². The van der Waals surface area contributed by atoms with E-state index in [1.165, 1.54) is 18.2 Å². The number of hydrogen-bond donors (Lipinski definition) is 3. The highest BCUT2D eigenvalue weighted by Crippen LogP contribution is 2.38. The number of amides is 1. The Labute approximate surface area is 221 Å². The van der Waals surface area contributed by atoms with Crippen LogP contribution >= 0.6 is 23.2 Å². The van der Waals surface area contributed by atoms with Crippen molar-refractivity contribution < 1.29 is 29.0 Å². The van der Waals surface area contributed by atoms with Crippen LogP contribution in [0.1, 0.15) is 28.9 Å². The number of carboxylic acids is 2.